The van der Waals surface area contributed by atoms with Gasteiger partial charge in [-0.05, 0) is 81.9 Å². The third-order valence-electron chi connectivity index (χ3n) is 12.6. The lowest BCUT2D eigenvalue weighted by molar-refractivity contribution is -0.158. The number of carbonyl (C=O) groups excluding carboxylic acids is 12. The molecule has 14 N–H and O–H groups in total. The molecule has 2 heterocycles. The first kappa shape index (κ1) is 68.9. The first-order chi connectivity index (χ1) is 41.0. The highest BCUT2D eigenvalue weighted by atomic mass is 16.6. The van der Waals surface area contributed by atoms with Crippen LogP contribution in [0.4, 0.5) is 0 Å². The monoisotopic (exact) mass is 1200 g/mol. The smallest absolute Gasteiger partial charge is 0.308 e. The molecule has 1 aromatic heterocycles. The highest BCUT2D eigenvalue weighted by molar-refractivity contribution is 5.98. The Hall–Kier alpha value is -9.55. The summed E-state index contributed by atoms with van der Waals surface area (Å²) in [4.78, 5) is 154. The Labute approximate surface area is 495 Å². The molecule has 1 unspecified atom stereocenters. The van der Waals surface area contributed by atoms with Gasteiger partial charge in [-0.3, -0.25) is 67.6 Å². The largest absolute Gasteiger partial charge is 0.432 e. The molecule has 0 spiro atoms. The molecule has 0 bridgehead atoms. The third kappa shape index (κ3) is 25.9. The summed E-state index contributed by atoms with van der Waals surface area (Å²) in [5, 5.41) is 39.2. The topological polar surface area (TPSA) is 457 Å². The molecule has 468 valence electrons. The number of benzene rings is 2. The third-order valence-corrected chi connectivity index (χ3v) is 12.6. The average Bonchev–Trinajstić information content (AvgIpc) is 4.07. The van der Waals surface area contributed by atoms with Gasteiger partial charge in [0.1, 0.15) is 18.1 Å². The molecule has 31 nitrogen and oxygen atoms in total. The SMILES string of the molecule is CC(=O)Oc1cc(C(=O)NCCCCNC(=O)C(N)CCCCn2cc(CCC(=O)NCCCC[C@@H]3NC(=O)[C@@H](Cc4ccccc4)NC(=O)[C@H](OC(C)=O)NC(=O)CNC(=O)[C@H](CCCNC(=N)N)NC3=O)nn2)cc(OC(C)=O)c1OC(C)=O. The van der Waals surface area contributed by atoms with Gasteiger partial charge >= 0.3 is 23.9 Å². The average molecular weight is 1200 g/mol. The van der Waals surface area contributed by atoms with Gasteiger partial charge < -0.3 is 78.3 Å². The van der Waals surface area contributed by atoms with Gasteiger partial charge in [0.05, 0.1) is 18.3 Å². The van der Waals surface area contributed by atoms with Crippen LogP contribution >= 0.6 is 0 Å². The van der Waals surface area contributed by atoms with E-state index in [1.54, 1.807) is 41.2 Å². The van der Waals surface area contributed by atoms with Crippen LogP contribution in [0.25, 0.3) is 0 Å². The maximum atomic E-state index is 14.1. The molecule has 5 atom stereocenters. The van der Waals surface area contributed by atoms with Gasteiger partial charge in [-0.2, -0.15) is 0 Å². The van der Waals surface area contributed by atoms with E-state index in [-0.39, 0.29) is 105 Å². The number of unbranched alkanes of at least 4 members (excludes halogenated alkanes) is 3. The van der Waals surface area contributed by atoms with E-state index < -0.39 is 96.3 Å². The molecule has 31 heteroatoms. The minimum Gasteiger partial charge on any atom is -0.432 e. The fourth-order valence-corrected chi connectivity index (χ4v) is 8.39. The van der Waals surface area contributed by atoms with Crippen molar-refractivity contribution in [1.29, 1.82) is 5.41 Å². The summed E-state index contributed by atoms with van der Waals surface area (Å²) >= 11 is 0. The second-order valence-corrected chi connectivity index (χ2v) is 19.9. The number of aryl methyl sites for hydroxylation is 2. The molecule has 1 aliphatic heterocycles. The van der Waals surface area contributed by atoms with E-state index >= 15 is 0 Å². The Morgan fingerprint density at radius 2 is 1.26 bits per heavy atom. The van der Waals surface area contributed by atoms with E-state index in [1.807, 2.05) is 0 Å². The van der Waals surface area contributed by atoms with Gasteiger partial charge in [-0.25, -0.2) is 0 Å². The summed E-state index contributed by atoms with van der Waals surface area (Å²) in [6, 6.07) is 6.35. The van der Waals surface area contributed by atoms with Crippen molar-refractivity contribution in [2.24, 2.45) is 11.5 Å². The summed E-state index contributed by atoms with van der Waals surface area (Å²) in [7, 11) is 0. The van der Waals surface area contributed by atoms with Crippen molar-refractivity contribution in [3.8, 4) is 17.2 Å². The summed E-state index contributed by atoms with van der Waals surface area (Å²) < 4.78 is 22.0. The first-order valence-corrected chi connectivity index (χ1v) is 28.0. The fourth-order valence-electron chi connectivity index (χ4n) is 8.39. The highest BCUT2D eigenvalue weighted by Crippen LogP contribution is 2.39. The van der Waals surface area contributed by atoms with E-state index in [1.165, 1.54) is 12.1 Å². The zero-order valence-corrected chi connectivity index (χ0v) is 48.5. The second-order valence-electron chi connectivity index (χ2n) is 19.9. The van der Waals surface area contributed by atoms with Crippen molar-refractivity contribution in [3.05, 3.63) is 65.5 Å². The summed E-state index contributed by atoms with van der Waals surface area (Å²) in [6.45, 7) is 4.98. The lowest BCUT2D eigenvalue weighted by Gasteiger charge is -2.26. The molecular formula is C55H77N15O16. The number of rotatable bonds is 30. The van der Waals surface area contributed by atoms with Crippen LogP contribution in [0.1, 0.15) is 120 Å². The van der Waals surface area contributed by atoms with Gasteiger partial charge in [0.25, 0.3) is 18.0 Å². The first-order valence-electron chi connectivity index (χ1n) is 28.0. The van der Waals surface area contributed by atoms with Gasteiger partial charge in [-0.1, -0.05) is 35.5 Å². The summed E-state index contributed by atoms with van der Waals surface area (Å²) in [5.41, 5.74) is 12.7. The minimum absolute atomic E-state index is 0.0177. The summed E-state index contributed by atoms with van der Waals surface area (Å²) in [5.74, 6) is -10.0. The fraction of sp³-hybridized carbons (Fsp3) is 0.509. The van der Waals surface area contributed by atoms with Crippen LogP contribution in [-0.4, -0.2) is 155 Å². The number of hydrogen-bond donors (Lipinski definition) is 12. The van der Waals surface area contributed by atoms with Crippen LogP contribution < -0.4 is 73.5 Å². The van der Waals surface area contributed by atoms with Crippen molar-refractivity contribution >= 4 is 77.1 Å². The van der Waals surface area contributed by atoms with E-state index in [9.17, 15) is 57.5 Å². The van der Waals surface area contributed by atoms with E-state index in [0.717, 1.165) is 27.7 Å². The number of nitrogens with one attached hydrogen (secondary N) is 10. The van der Waals surface area contributed by atoms with Gasteiger partial charge in [0.15, 0.2) is 17.5 Å². The predicted octanol–water partition coefficient (Wildman–Crippen LogP) is -1.81. The molecule has 8 amide bonds. The predicted molar refractivity (Wildman–Crippen MR) is 304 cm³/mol. The Morgan fingerprint density at radius 3 is 1.90 bits per heavy atom. The quantitative estimate of drug-likeness (QED) is 0.0115. The normalized spacial score (nSPS) is 16.8. The zero-order chi connectivity index (χ0) is 63.1. The Kier molecular flexibility index (Phi) is 29.0. The molecule has 4 rings (SSSR count). The number of nitrogens with two attached hydrogens (primary N) is 2. The Balaban J connectivity index is 1.21. The molecule has 0 aliphatic carbocycles. The van der Waals surface area contributed by atoms with Crippen LogP contribution in [0.2, 0.25) is 0 Å². The van der Waals surface area contributed by atoms with Crippen molar-refractivity contribution in [3.63, 3.8) is 0 Å². The van der Waals surface area contributed by atoms with Crippen LogP contribution in [-0.2, 0) is 76.9 Å². The molecular weight excluding hydrogens is 1130 g/mol. The van der Waals surface area contributed by atoms with Crippen molar-refractivity contribution < 1.29 is 76.5 Å². The van der Waals surface area contributed by atoms with Gasteiger partial charge in [-0.15, -0.1) is 5.10 Å². The molecule has 0 radical (unpaired) electrons. The van der Waals surface area contributed by atoms with Crippen LogP contribution in [0.3, 0.4) is 0 Å². The van der Waals surface area contributed by atoms with Crippen molar-refractivity contribution in [1.82, 2.24) is 62.8 Å². The summed E-state index contributed by atoms with van der Waals surface area (Å²) in [6.07, 6.45) is 3.67. The van der Waals surface area contributed by atoms with E-state index in [4.69, 9.17) is 35.8 Å². The van der Waals surface area contributed by atoms with E-state index in [0.29, 0.717) is 62.7 Å². The maximum absolute atomic E-state index is 14.1. The molecule has 1 aliphatic rings. The lowest BCUT2D eigenvalue weighted by Crippen LogP contribution is -2.58. The van der Waals surface area contributed by atoms with Crippen LogP contribution in [0, 0.1) is 5.41 Å². The lowest BCUT2D eigenvalue weighted by atomic mass is 10.0. The van der Waals surface area contributed by atoms with E-state index in [2.05, 4.69) is 58.2 Å². The molecule has 1 saturated heterocycles. The number of hydrogen-bond acceptors (Lipinski definition) is 20. The number of esters is 4. The van der Waals surface area contributed by atoms with Crippen molar-refractivity contribution in [2.75, 3.05) is 32.7 Å². The second kappa shape index (κ2) is 36.2. The van der Waals surface area contributed by atoms with Gasteiger partial charge in [0.2, 0.25) is 41.2 Å². The zero-order valence-electron chi connectivity index (χ0n) is 48.5. The number of carbonyl (C=O) groups is 12. The number of aromatic nitrogens is 3. The van der Waals surface area contributed by atoms with Crippen LogP contribution in [0.15, 0.2) is 48.7 Å². The molecule has 3 aromatic rings. The molecule has 86 heavy (non-hydrogen) atoms. The number of ether oxygens (including phenoxy) is 4. The number of nitrogens with zero attached hydrogens (tertiary/aromatic N) is 3. The Morgan fingerprint density at radius 1 is 0.674 bits per heavy atom. The number of amides is 8. The Bertz CT molecular complexity index is 2850. The highest BCUT2D eigenvalue weighted by Gasteiger charge is 2.34. The van der Waals surface area contributed by atoms with Crippen LogP contribution in [0.5, 0.6) is 17.2 Å². The molecule has 1 fully saturated rings. The van der Waals surface area contributed by atoms with Gasteiger partial charge in [0, 0.05) is 91.4 Å². The molecule has 0 saturated carbocycles. The molecule has 2 aromatic carbocycles. The number of guanidine groups is 1. The van der Waals surface area contributed by atoms with Crippen molar-refractivity contribution in [2.45, 2.75) is 148 Å². The minimum atomic E-state index is -1.89. The maximum Gasteiger partial charge on any atom is 0.308 e. The standard InChI is InChI=1S/C55H77N15O16/c1-32(71)83-43-28-37(29-44(84-33(2)72)47(43)85-34(3)73)48(77)60-23-11-12-24-61-49(78)39(56)17-9-13-26-70-31-38(68-69-70)20-21-45(75)59-22-10-8-18-41-51(80)64-40(19-14-25-62-55(57)58)50(79)63-30-46(76)67-54(86-35(4)74)53(82)66-42(52(81)65-41)27-36-15-6-5-7-16-36/h5-7,15-16,28-29,31,39-42,54H,8-14,17-27,30,56H2,1-4H3,(H,59,75)(H,60,77)(H,61,78)(H,63,79)(H,64,80)(H,65,81)(H,66,82)(H,67,76)(H4,57,58,62)/t39?,40-,41-,42+,54-/m0/s1.